The minimum atomic E-state index is -1.00. The van der Waals surface area contributed by atoms with E-state index >= 15 is 0 Å². The number of carboxylic acids is 1. The van der Waals surface area contributed by atoms with Crippen molar-refractivity contribution in [3.8, 4) is 0 Å². The Bertz CT molecular complexity index is 833. The zero-order chi connectivity index (χ0) is 20.7. The predicted molar refractivity (Wildman–Crippen MR) is 107 cm³/mol. The Balaban J connectivity index is 1.62. The first kappa shape index (κ1) is 20.3. The number of hydrogen-bond acceptors (Lipinski definition) is 6. The van der Waals surface area contributed by atoms with Gasteiger partial charge in [-0.05, 0) is 50.5 Å². The van der Waals surface area contributed by atoms with Crippen LogP contribution in [0.1, 0.15) is 60.3 Å². The van der Waals surface area contributed by atoms with Crippen molar-refractivity contribution >= 4 is 34.2 Å². The van der Waals surface area contributed by atoms with Gasteiger partial charge in [0.15, 0.2) is 0 Å². The molecule has 158 valence electrons. The van der Waals surface area contributed by atoms with E-state index in [4.69, 9.17) is 9.47 Å². The molecular formula is C21H27NO6S. The zero-order valence-electron chi connectivity index (χ0n) is 16.7. The van der Waals surface area contributed by atoms with Gasteiger partial charge in [0.25, 0.3) is 0 Å². The van der Waals surface area contributed by atoms with Gasteiger partial charge in [-0.1, -0.05) is 13.3 Å². The molecule has 8 heteroatoms. The van der Waals surface area contributed by atoms with Crippen LogP contribution in [0.25, 0.3) is 0 Å². The van der Waals surface area contributed by atoms with Crippen LogP contribution in [-0.2, 0) is 31.9 Å². The summed E-state index contributed by atoms with van der Waals surface area (Å²) in [7, 11) is 0. The molecule has 0 aromatic carbocycles. The lowest BCUT2D eigenvalue weighted by atomic mass is 9.78. The van der Waals surface area contributed by atoms with Crippen molar-refractivity contribution in [3.63, 3.8) is 0 Å². The topological polar surface area (TPSA) is 102 Å². The second-order valence-electron chi connectivity index (χ2n) is 8.11. The third kappa shape index (κ3) is 3.57. The van der Waals surface area contributed by atoms with Gasteiger partial charge in [0.1, 0.15) is 5.00 Å². The van der Waals surface area contributed by atoms with Crippen molar-refractivity contribution in [2.75, 3.05) is 11.9 Å². The molecule has 1 aromatic heterocycles. The molecule has 0 unspecified atom stereocenters. The van der Waals surface area contributed by atoms with Crippen molar-refractivity contribution < 1.29 is 29.0 Å². The van der Waals surface area contributed by atoms with E-state index in [1.165, 1.54) is 11.3 Å². The van der Waals surface area contributed by atoms with Gasteiger partial charge in [-0.25, -0.2) is 4.79 Å². The fourth-order valence-corrected chi connectivity index (χ4v) is 6.38. The first-order valence-corrected chi connectivity index (χ1v) is 11.3. The minimum absolute atomic E-state index is 0.260. The number of anilines is 1. The Morgan fingerprint density at radius 3 is 2.55 bits per heavy atom. The number of ether oxygens (including phenoxy) is 2. The van der Waals surface area contributed by atoms with E-state index in [0.717, 1.165) is 36.1 Å². The summed E-state index contributed by atoms with van der Waals surface area (Å²) in [5.41, 5.74) is 1.43. The third-order valence-electron chi connectivity index (χ3n) is 6.52. The molecule has 2 aliphatic heterocycles. The summed E-state index contributed by atoms with van der Waals surface area (Å²) in [6.45, 7) is 4.18. The number of fused-ring (bicyclic) bond motifs is 3. The van der Waals surface area contributed by atoms with E-state index in [0.29, 0.717) is 29.3 Å². The molecule has 5 atom stereocenters. The lowest BCUT2D eigenvalue weighted by molar-refractivity contribution is -0.147. The maximum Gasteiger partial charge on any atom is 0.341 e. The molecular weight excluding hydrogens is 394 g/mol. The third-order valence-corrected chi connectivity index (χ3v) is 7.69. The number of carbonyl (C=O) groups excluding carboxylic acids is 2. The summed E-state index contributed by atoms with van der Waals surface area (Å²) < 4.78 is 11.0. The predicted octanol–water partition coefficient (Wildman–Crippen LogP) is 3.26. The van der Waals surface area contributed by atoms with Gasteiger partial charge in [-0.15, -0.1) is 11.3 Å². The number of nitrogens with one attached hydrogen (secondary N) is 1. The van der Waals surface area contributed by atoms with Crippen LogP contribution in [0, 0.1) is 17.8 Å². The molecule has 2 N–H and O–H groups in total. The molecule has 29 heavy (non-hydrogen) atoms. The van der Waals surface area contributed by atoms with Crippen molar-refractivity contribution in [1.29, 1.82) is 0 Å². The molecule has 7 nitrogen and oxygen atoms in total. The maximum absolute atomic E-state index is 13.1. The number of rotatable bonds is 6. The fraction of sp³-hybridized carbons (Fsp3) is 0.667. The monoisotopic (exact) mass is 421 g/mol. The number of amides is 1. The molecule has 0 saturated carbocycles. The van der Waals surface area contributed by atoms with Crippen LogP contribution in [0.5, 0.6) is 0 Å². The van der Waals surface area contributed by atoms with E-state index in [1.54, 1.807) is 6.92 Å². The van der Waals surface area contributed by atoms with Gasteiger partial charge in [-0.2, -0.15) is 0 Å². The first-order valence-electron chi connectivity index (χ1n) is 10.4. The highest BCUT2D eigenvalue weighted by Crippen LogP contribution is 2.45. The maximum atomic E-state index is 13.1. The number of hydrogen-bond donors (Lipinski definition) is 2. The fourth-order valence-electron chi connectivity index (χ4n) is 5.03. The van der Waals surface area contributed by atoms with Gasteiger partial charge in [0.05, 0.1) is 36.2 Å². The highest BCUT2D eigenvalue weighted by Gasteiger charge is 2.55. The molecule has 1 amide bonds. The lowest BCUT2D eigenvalue weighted by Crippen LogP contribution is -2.41. The summed E-state index contributed by atoms with van der Waals surface area (Å²) in [5.74, 6) is -2.79. The highest BCUT2D eigenvalue weighted by molar-refractivity contribution is 7.17. The second kappa shape index (κ2) is 8.07. The van der Waals surface area contributed by atoms with Crippen molar-refractivity contribution in [2.45, 2.75) is 64.6 Å². The van der Waals surface area contributed by atoms with Gasteiger partial charge >= 0.3 is 11.9 Å². The van der Waals surface area contributed by atoms with Crippen LogP contribution in [0.15, 0.2) is 0 Å². The SMILES string of the molecule is CCOC(=O)c1c(NC(=O)[C@@H]2[C@@H](C(=O)O)[C@@H]3CC[C@@H]2O3)sc2c1CC[C@H](CC)C2. The molecule has 3 heterocycles. The standard InChI is InChI=1S/C21H27NO6S/c1-3-10-5-6-11-14(9-10)29-19(15(11)21(26)27-4-2)22-18(23)16-12-7-8-13(28-12)17(16)20(24)25/h10,12-13,16-17H,3-9H2,1-2H3,(H,22,23)(H,24,25)/t10-,12-,13-,16-,17-/m0/s1. The Kier molecular flexibility index (Phi) is 5.66. The molecule has 0 spiro atoms. The molecule has 3 aliphatic rings. The van der Waals surface area contributed by atoms with Gasteiger partial charge in [0.2, 0.25) is 5.91 Å². The zero-order valence-corrected chi connectivity index (χ0v) is 17.5. The molecule has 2 saturated heterocycles. The Hall–Kier alpha value is -1.93. The molecule has 0 radical (unpaired) electrons. The van der Waals surface area contributed by atoms with Gasteiger partial charge < -0.3 is 19.9 Å². The quantitative estimate of drug-likeness (QED) is 0.684. The van der Waals surface area contributed by atoms with Crippen molar-refractivity contribution in [3.05, 3.63) is 16.0 Å². The highest BCUT2D eigenvalue weighted by atomic mass is 32.1. The van der Waals surface area contributed by atoms with Crippen LogP contribution in [-0.4, -0.2) is 41.8 Å². The smallest absolute Gasteiger partial charge is 0.341 e. The lowest BCUT2D eigenvalue weighted by Gasteiger charge is -2.23. The van der Waals surface area contributed by atoms with E-state index in [-0.39, 0.29) is 18.6 Å². The van der Waals surface area contributed by atoms with Crippen molar-refractivity contribution in [2.24, 2.45) is 17.8 Å². The van der Waals surface area contributed by atoms with Crippen LogP contribution in [0.2, 0.25) is 0 Å². The summed E-state index contributed by atoms with van der Waals surface area (Å²) in [6.07, 6.45) is 4.38. The molecule has 1 aliphatic carbocycles. The van der Waals surface area contributed by atoms with Crippen LogP contribution >= 0.6 is 11.3 Å². The largest absolute Gasteiger partial charge is 0.481 e. The van der Waals surface area contributed by atoms with Crippen molar-refractivity contribution in [1.82, 2.24) is 0 Å². The van der Waals surface area contributed by atoms with Gasteiger partial charge in [0, 0.05) is 4.88 Å². The minimum Gasteiger partial charge on any atom is -0.481 e. The number of aliphatic carboxylic acids is 1. The molecule has 2 bridgehead atoms. The average Bonchev–Trinajstić information content (AvgIpc) is 3.39. The van der Waals surface area contributed by atoms with E-state index in [9.17, 15) is 19.5 Å². The summed E-state index contributed by atoms with van der Waals surface area (Å²) in [5, 5.41) is 13.0. The van der Waals surface area contributed by atoms with E-state index in [2.05, 4.69) is 12.2 Å². The van der Waals surface area contributed by atoms with E-state index in [1.807, 2.05) is 0 Å². The Morgan fingerprint density at radius 1 is 1.17 bits per heavy atom. The molecule has 4 rings (SSSR count). The molecule has 1 aromatic rings. The second-order valence-corrected chi connectivity index (χ2v) is 9.22. The average molecular weight is 422 g/mol. The number of carbonyl (C=O) groups is 3. The number of thiophene rings is 1. The molecule has 2 fully saturated rings. The summed E-state index contributed by atoms with van der Waals surface area (Å²) >= 11 is 1.43. The number of esters is 1. The Labute approximate surface area is 173 Å². The summed E-state index contributed by atoms with van der Waals surface area (Å²) in [6, 6.07) is 0. The Morgan fingerprint density at radius 2 is 1.90 bits per heavy atom. The number of carboxylic acid groups (broad SMARTS) is 1. The van der Waals surface area contributed by atoms with Crippen LogP contribution in [0.4, 0.5) is 5.00 Å². The van der Waals surface area contributed by atoms with Gasteiger partial charge in [-0.3, -0.25) is 9.59 Å². The first-order chi connectivity index (χ1) is 13.9. The summed E-state index contributed by atoms with van der Waals surface area (Å²) in [4.78, 5) is 38.6. The van der Waals surface area contributed by atoms with Crippen LogP contribution < -0.4 is 5.32 Å². The van der Waals surface area contributed by atoms with E-state index < -0.39 is 29.9 Å². The van der Waals surface area contributed by atoms with Crippen LogP contribution in [0.3, 0.4) is 0 Å². The normalized spacial score (nSPS) is 30.1.